The van der Waals surface area contributed by atoms with E-state index in [4.69, 9.17) is 19.3 Å². The van der Waals surface area contributed by atoms with Crippen molar-refractivity contribution in [1.82, 2.24) is 19.6 Å². The van der Waals surface area contributed by atoms with Crippen molar-refractivity contribution in [3.63, 3.8) is 0 Å². The molecule has 0 saturated carbocycles. The van der Waals surface area contributed by atoms with Gasteiger partial charge in [0, 0.05) is 16.9 Å². The second kappa shape index (κ2) is 9.52. The van der Waals surface area contributed by atoms with Crippen LogP contribution < -0.4 is 9.47 Å². The summed E-state index contributed by atoms with van der Waals surface area (Å²) in [5.74, 6) is 2.44. The number of methoxy groups -OCH3 is 1. The highest BCUT2D eigenvalue weighted by atomic mass is 32.1. The van der Waals surface area contributed by atoms with E-state index in [2.05, 4.69) is 51.6 Å². The predicted octanol–water partition coefficient (Wildman–Crippen LogP) is 6.57. The van der Waals surface area contributed by atoms with Crippen molar-refractivity contribution in [2.75, 3.05) is 7.11 Å². The molecule has 7 rings (SSSR count). The average molecular weight is 534 g/mol. The Hall–Kier alpha value is -4.76. The average Bonchev–Trinajstić information content (AvgIpc) is 3.66. The Kier molecular flexibility index (Phi) is 5.70. The number of thiophene rings is 1. The first-order valence-electron chi connectivity index (χ1n) is 12.5. The van der Waals surface area contributed by atoms with Gasteiger partial charge in [0.25, 0.3) is 0 Å². The first kappa shape index (κ1) is 23.4. The number of ether oxygens (including phenoxy) is 2. The Labute approximate surface area is 228 Å². The zero-order chi connectivity index (χ0) is 26.3. The Balaban J connectivity index is 1.33. The van der Waals surface area contributed by atoms with Crippen LogP contribution in [0.4, 0.5) is 0 Å². The fraction of sp³-hybridized carbons (Fsp3) is 0.133. The maximum atomic E-state index is 6.49. The topological polar surface area (TPSA) is 83.1 Å². The molecule has 0 saturated heterocycles. The van der Waals surface area contributed by atoms with Crippen molar-refractivity contribution in [1.29, 1.82) is 0 Å². The lowest BCUT2D eigenvalue weighted by Crippen LogP contribution is -2.15. The van der Waals surface area contributed by atoms with E-state index in [1.807, 2.05) is 48.7 Å². The summed E-state index contributed by atoms with van der Waals surface area (Å²) in [6, 6.07) is 24.5. The van der Waals surface area contributed by atoms with Crippen molar-refractivity contribution in [2.24, 2.45) is 5.16 Å². The molecule has 9 heteroatoms. The summed E-state index contributed by atoms with van der Waals surface area (Å²) in [5, 5.41) is 13.0. The maximum absolute atomic E-state index is 6.49. The fourth-order valence-electron chi connectivity index (χ4n) is 5.01. The molecule has 0 N–H and O–H groups in total. The smallest absolute Gasteiger partial charge is 0.228 e. The molecule has 1 atom stereocenters. The van der Waals surface area contributed by atoms with Gasteiger partial charge in [-0.25, -0.2) is 14.5 Å². The van der Waals surface area contributed by atoms with Crippen molar-refractivity contribution in [2.45, 2.75) is 19.4 Å². The second-order valence-electron chi connectivity index (χ2n) is 9.20. The van der Waals surface area contributed by atoms with E-state index in [0.717, 1.165) is 49.6 Å². The van der Waals surface area contributed by atoms with Gasteiger partial charge in [-0.1, -0.05) is 59.8 Å². The number of hydrogen-bond acceptors (Lipinski definition) is 8. The van der Waals surface area contributed by atoms with Gasteiger partial charge in [0.2, 0.25) is 5.88 Å². The SMILES string of the molecule is COc1ccc([C@@H]2c3ccc4ccccc4c3Oc3ncn4nc(CO/N=C(/C)c5cccs5)nc4c32)cc1. The molecule has 0 fully saturated rings. The van der Waals surface area contributed by atoms with Crippen molar-refractivity contribution in [3.05, 3.63) is 112 Å². The summed E-state index contributed by atoms with van der Waals surface area (Å²) in [4.78, 5) is 16.2. The van der Waals surface area contributed by atoms with Crippen molar-refractivity contribution < 1.29 is 14.3 Å². The largest absolute Gasteiger partial charge is 0.497 e. The molecule has 8 nitrogen and oxygen atoms in total. The minimum Gasteiger partial charge on any atom is -0.497 e. The van der Waals surface area contributed by atoms with E-state index >= 15 is 0 Å². The van der Waals surface area contributed by atoms with E-state index in [0.29, 0.717) is 17.4 Å². The molecule has 1 aliphatic rings. The molecule has 0 unspecified atom stereocenters. The van der Waals surface area contributed by atoms with E-state index in [1.54, 1.807) is 29.3 Å². The number of benzene rings is 3. The number of nitrogens with zero attached hydrogens (tertiary/aromatic N) is 5. The summed E-state index contributed by atoms with van der Waals surface area (Å²) in [7, 11) is 1.67. The zero-order valence-corrected chi connectivity index (χ0v) is 22.1. The molecule has 6 aromatic rings. The Morgan fingerprint density at radius 2 is 1.92 bits per heavy atom. The van der Waals surface area contributed by atoms with Gasteiger partial charge < -0.3 is 14.3 Å². The van der Waals surface area contributed by atoms with Gasteiger partial charge in [-0.2, -0.15) is 0 Å². The zero-order valence-electron chi connectivity index (χ0n) is 21.2. The highest BCUT2D eigenvalue weighted by Gasteiger charge is 2.34. The number of rotatable bonds is 6. The standard InChI is InChI=1S/C30H23N5O3S/c1-18(24-8-5-15-39-24)34-37-16-25-32-29-27-26(20-9-12-21(36-2)13-10-20)23-14-11-19-6-3-4-7-22(19)28(23)38-30(27)31-17-35(29)33-25/h3-15,17,26H,16H2,1-2H3/b34-18-/t26-/m1/s1. The van der Waals surface area contributed by atoms with Gasteiger partial charge in [-0.05, 0) is 41.5 Å². The highest BCUT2D eigenvalue weighted by Crippen LogP contribution is 2.50. The first-order chi connectivity index (χ1) is 19.2. The Bertz CT molecular complexity index is 1850. The maximum Gasteiger partial charge on any atom is 0.228 e. The van der Waals surface area contributed by atoms with Crippen LogP contribution in [0.25, 0.3) is 16.4 Å². The van der Waals surface area contributed by atoms with Crippen LogP contribution in [-0.4, -0.2) is 32.4 Å². The van der Waals surface area contributed by atoms with Gasteiger partial charge in [-0.3, -0.25) is 0 Å². The van der Waals surface area contributed by atoms with Crippen LogP contribution in [-0.2, 0) is 11.4 Å². The van der Waals surface area contributed by atoms with Gasteiger partial charge in [0.1, 0.15) is 17.8 Å². The van der Waals surface area contributed by atoms with E-state index in [1.165, 1.54) is 0 Å². The van der Waals surface area contributed by atoms with Gasteiger partial charge >= 0.3 is 0 Å². The van der Waals surface area contributed by atoms with Gasteiger partial charge in [-0.15, -0.1) is 16.4 Å². The Morgan fingerprint density at radius 1 is 1.05 bits per heavy atom. The molecule has 192 valence electrons. The van der Waals surface area contributed by atoms with Gasteiger partial charge in [0.05, 0.1) is 23.3 Å². The predicted molar refractivity (Wildman–Crippen MR) is 150 cm³/mol. The molecule has 0 amide bonds. The van der Waals surface area contributed by atoms with Crippen LogP contribution in [0.15, 0.2) is 89.7 Å². The molecule has 4 heterocycles. The molecule has 0 radical (unpaired) electrons. The molecule has 1 aliphatic heterocycles. The lowest BCUT2D eigenvalue weighted by atomic mass is 9.83. The highest BCUT2D eigenvalue weighted by molar-refractivity contribution is 7.12. The molecular formula is C30H23N5O3S. The van der Waals surface area contributed by atoms with Gasteiger partial charge in [0.15, 0.2) is 18.1 Å². The first-order valence-corrected chi connectivity index (χ1v) is 13.4. The van der Waals surface area contributed by atoms with Crippen LogP contribution in [0.5, 0.6) is 17.4 Å². The molecule has 0 spiro atoms. The lowest BCUT2D eigenvalue weighted by molar-refractivity contribution is 0.125. The molecule has 3 aromatic carbocycles. The molecule has 39 heavy (non-hydrogen) atoms. The van der Waals surface area contributed by atoms with Crippen LogP contribution in [0.2, 0.25) is 0 Å². The van der Waals surface area contributed by atoms with Crippen molar-refractivity contribution in [3.8, 4) is 17.4 Å². The number of aromatic nitrogens is 4. The summed E-state index contributed by atoms with van der Waals surface area (Å²) in [6.45, 7) is 2.05. The monoisotopic (exact) mass is 533 g/mol. The molecular weight excluding hydrogens is 510 g/mol. The summed E-state index contributed by atoms with van der Waals surface area (Å²) >= 11 is 1.62. The van der Waals surface area contributed by atoms with Crippen LogP contribution in [0.1, 0.15) is 40.2 Å². The van der Waals surface area contributed by atoms with Crippen LogP contribution >= 0.6 is 11.3 Å². The summed E-state index contributed by atoms with van der Waals surface area (Å²) in [6.07, 6.45) is 1.63. The Morgan fingerprint density at radius 3 is 2.74 bits per heavy atom. The lowest BCUT2D eigenvalue weighted by Gasteiger charge is -2.28. The van der Waals surface area contributed by atoms with E-state index < -0.39 is 0 Å². The molecule has 3 aromatic heterocycles. The van der Waals surface area contributed by atoms with E-state index in [9.17, 15) is 0 Å². The summed E-state index contributed by atoms with van der Waals surface area (Å²) in [5.41, 5.74) is 4.44. The van der Waals surface area contributed by atoms with Crippen molar-refractivity contribution >= 4 is 33.5 Å². The third-order valence-corrected chi connectivity index (χ3v) is 7.84. The third-order valence-electron chi connectivity index (χ3n) is 6.86. The minimum atomic E-state index is -0.174. The number of hydrogen-bond donors (Lipinski definition) is 0. The quantitative estimate of drug-likeness (QED) is 0.178. The third kappa shape index (κ3) is 4.07. The fourth-order valence-corrected chi connectivity index (χ4v) is 5.68. The van der Waals surface area contributed by atoms with E-state index in [-0.39, 0.29) is 12.5 Å². The minimum absolute atomic E-state index is 0.133. The van der Waals surface area contributed by atoms with Crippen LogP contribution in [0.3, 0.4) is 0 Å². The molecule has 0 bridgehead atoms. The second-order valence-corrected chi connectivity index (χ2v) is 10.1. The number of fused-ring (bicyclic) bond motifs is 6. The molecule has 0 aliphatic carbocycles. The van der Waals surface area contributed by atoms with Crippen LogP contribution in [0, 0.1) is 0 Å². The normalized spacial score (nSPS) is 14.6. The number of oxime groups is 1. The summed E-state index contributed by atoms with van der Waals surface area (Å²) < 4.78 is 13.6.